The molecule has 0 radical (unpaired) electrons. The topological polar surface area (TPSA) is 83.8 Å². The smallest absolute Gasteiger partial charge is 0.348 e. The third kappa shape index (κ3) is 2.38. The van der Waals surface area contributed by atoms with Gasteiger partial charge in [0.25, 0.3) is 0 Å². The Balaban J connectivity index is 2.26. The van der Waals surface area contributed by atoms with Crippen molar-refractivity contribution in [2.45, 2.75) is 6.92 Å². The lowest BCUT2D eigenvalue weighted by molar-refractivity contribution is 1.09. The average molecular weight is 216 g/mol. The number of nitrogens with one attached hydrogen (secondary N) is 2. The van der Waals surface area contributed by atoms with Crippen LogP contribution >= 0.6 is 0 Å². The van der Waals surface area contributed by atoms with E-state index in [2.05, 4.69) is 15.3 Å². The molecule has 0 aliphatic carbocycles. The van der Waals surface area contributed by atoms with Crippen LogP contribution in [0.2, 0.25) is 0 Å². The molecule has 16 heavy (non-hydrogen) atoms. The molecule has 5 nitrogen and oxygen atoms in total. The Bertz CT molecular complexity index is 545. The highest BCUT2D eigenvalue weighted by Crippen LogP contribution is 2.14. The second kappa shape index (κ2) is 4.06. The number of hydrogen-bond acceptors (Lipinski definition) is 4. The third-order valence-electron chi connectivity index (χ3n) is 2.09. The van der Waals surface area contributed by atoms with Crippen LogP contribution < -0.4 is 16.7 Å². The molecule has 5 heteroatoms. The fourth-order valence-electron chi connectivity index (χ4n) is 1.33. The SMILES string of the molecule is Cc1ccc(Nc2cc(N)[nH]c(=O)n2)cc1. The summed E-state index contributed by atoms with van der Waals surface area (Å²) in [7, 11) is 0. The summed E-state index contributed by atoms with van der Waals surface area (Å²) in [5.41, 5.74) is 7.07. The summed E-state index contributed by atoms with van der Waals surface area (Å²) in [4.78, 5) is 17.2. The molecule has 0 fully saturated rings. The van der Waals surface area contributed by atoms with Crippen molar-refractivity contribution in [3.05, 3.63) is 46.4 Å². The van der Waals surface area contributed by atoms with Gasteiger partial charge < -0.3 is 11.1 Å². The number of nitrogen functional groups attached to an aromatic ring is 1. The molecule has 2 aromatic rings. The van der Waals surface area contributed by atoms with Crippen molar-refractivity contribution in [2.24, 2.45) is 0 Å². The van der Waals surface area contributed by atoms with E-state index < -0.39 is 5.69 Å². The van der Waals surface area contributed by atoms with Crippen LogP contribution in [-0.2, 0) is 0 Å². The van der Waals surface area contributed by atoms with E-state index in [1.165, 1.54) is 5.56 Å². The van der Waals surface area contributed by atoms with Gasteiger partial charge in [-0.1, -0.05) is 17.7 Å². The number of nitrogens with zero attached hydrogens (tertiary/aromatic N) is 1. The number of nitrogens with two attached hydrogens (primary N) is 1. The lowest BCUT2D eigenvalue weighted by Gasteiger charge is -2.05. The van der Waals surface area contributed by atoms with Crippen LogP contribution in [-0.4, -0.2) is 9.97 Å². The summed E-state index contributed by atoms with van der Waals surface area (Å²) >= 11 is 0. The summed E-state index contributed by atoms with van der Waals surface area (Å²) in [6.45, 7) is 2.01. The maximum atomic E-state index is 11.1. The average Bonchev–Trinajstić information content (AvgIpc) is 2.20. The summed E-state index contributed by atoms with van der Waals surface area (Å²) in [5.74, 6) is 0.722. The molecule has 0 aliphatic heterocycles. The van der Waals surface area contributed by atoms with Crippen molar-refractivity contribution < 1.29 is 0 Å². The van der Waals surface area contributed by atoms with Crippen molar-refractivity contribution in [3.63, 3.8) is 0 Å². The maximum absolute atomic E-state index is 11.1. The first-order valence-electron chi connectivity index (χ1n) is 4.84. The standard InChI is InChI=1S/C11H12N4O/c1-7-2-4-8(5-3-7)13-10-6-9(12)14-11(16)15-10/h2-6H,1H3,(H4,12,13,14,15,16). The second-order valence-electron chi connectivity index (χ2n) is 3.52. The number of aryl methyl sites for hydroxylation is 1. The molecule has 0 spiro atoms. The highest BCUT2D eigenvalue weighted by molar-refractivity contribution is 5.58. The Hall–Kier alpha value is -2.30. The number of aromatic nitrogens is 2. The molecular weight excluding hydrogens is 204 g/mol. The Morgan fingerprint density at radius 3 is 2.62 bits per heavy atom. The lowest BCUT2D eigenvalue weighted by atomic mass is 10.2. The molecule has 1 aromatic heterocycles. The van der Waals surface area contributed by atoms with Crippen LogP contribution in [0.15, 0.2) is 35.1 Å². The van der Waals surface area contributed by atoms with Crippen LogP contribution in [0.25, 0.3) is 0 Å². The maximum Gasteiger partial charge on any atom is 0.348 e. The van der Waals surface area contributed by atoms with E-state index in [9.17, 15) is 4.79 Å². The predicted molar refractivity (Wildman–Crippen MR) is 63.7 cm³/mol. The molecular formula is C11H12N4O. The second-order valence-corrected chi connectivity index (χ2v) is 3.52. The van der Waals surface area contributed by atoms with Gasteiger partial charge in [0.05, 0.1) is 0 Å². The number of benzene rings is 1. The summed E-state index contributed by atoms with van der Waals surface area (Å²) in [6.07, 6.45) is 0. The van der Waals surface area contributed by atoms with E-state index in [0.717, 1.165) is 5.69 Å². The summed E-state index contributed by atoms with van der Waals surface area (Å²) in [5, 5.41) is 3.00. The molecule has 4 N–H and O–H groups in total. The molecule has 1 heterocycles. The first-order valence-corrected chi connectivity index (χ1v) is 4.84. The minimum absolute atomic E-state index is 0.287. The van der Waals surface area contributed by atoms with Gasteiger partial charge in [-0.05, 0) is 19.1 Å². The monoisotopic (exact) mass is 216 g/mol. The Kier molecular flexibility index (Phi) is 2.59. The summed E-state index contributed by atoms with van der Waals surface area (Å²) < 4.78 is 0. The van der Waals surface area contributed by atoms with Gasteiger partial charge in [0, 0.05) is 11.8 Å². The van der Waals surface area contributed by atoms with E-state index >= 15 is 0 Å². The van der Waals surface area contributed by atoms with E-state index in [1.54, 1.807) is 6.07 Å². The van der Waals surface area contributed by atoms with Crippen LogP contribution in [0.4, 0.5) is 17.3 Å². The highest BCUT2D eigenvalue weighted by atomic mass is 16.1. The quantitative estimate of drug-likeness (QED) is 0.708. The summed E-state index contributed by atoms with van der Waals surface area (Å²) in [6, 6.07) is 9.34. The fourth-order valence-corrected chi connectivity index (χ4v) is 1.33. The van der Waals surface area contributed by atoms with Gasteiger partial charge in [0.2, 0.25) is 0 Å². The van der Waals surface area contributed by atoms with Crippen LogP contribution in [0, 0.1) is 6.92 Å². The molecule has 0 bridgehead atoms. The zero-order chi connectivity index (χ0) is 11.5. The van der Waals surface area contributed by atoms with Crippen molar-refractivity contribution in [1.82, 2.24) is 9.97 Å². The van der Waals surface area contributed by atoms with Crippen LogP contribution in [0.3, 0.4) is 0 Å². The molecule has 0 amide bonds. The van der Waals surface area contributed by atoms with Gasteiger partial charge in [-0.2, -0.15) is 4.98 Å². The molecule has 82 valence electrons. The molecule has 1 aromatic carbocycles. The predicted octanol–water partition coefficient (Wildman–Crippen LogP) is 1.40. The molecule has 0 unspecified atom stereocenters. The van der Waals surface area contributed by atoms with Gasteiger partial charge in [0.15, 0.2) is 0 Å². The van der Waals surface area contributed by atoms with Gasteiger partial charge in [0.1, 0.15) is 11.6 Å². The number of H-pyrrole nitrogens is 1. The van der Waals surface area contributed by atoms with Gasteiger partial charge in [-0.15, -0.1) is 0 Å². The minimum atomic E-state index is -0.463. The number of anilines is 3. The van der Waals surface area contributed by atoms with Crippen molar-refractivity contribution >= 4 is 17.3 Å². The minimum Gasteiger partial charge on any atom is -0.385 e. The first kappa shape index (κ1) is 10.2. The van der Waals surface area contributed by atoms with E-state index in [0.29, 0.717) is 5.82 Å². The van der Waals surface area contributed by atoms with E-state index in [1.807, 2.05) is 31.2 Å². The lowest BCUT2D eigenvalue weighted by Crippen LogP contribution is -2.14. The Morgan fingerprint density at radius 1 is 1.31 bits per heavy atom. The molecule has 0 aliphatic rings. The zero-order valence-corrected chi connectivity index (χ0v) is 8.82. The molecule has 0 saturated carbocycles. The van der Waals surface area contributed by atoms with Gasteiger partial charge >= 0.3 is 5.69 Å². The first-order chi connectivity index (χ1) is 7.63. The van der Waals surface area contributed by atoms with Crippen molar-refractivity contribution in [2.75, 3.05) is 11.1 Å². The van der Waals surface area contributed by atoms with Crippen molar-refractivity contribution in [1.29, 1.82) is 0 Å². The third-order valence-corrected chi connectivity index (χ3v) is 2.09. The number of hydrogen-bond donors (Lipinski definition) is 3. The Morgan fingerprint density at radius 2 is 2.00 bits per heavy atom. The van der Waals surface area contributed by atoms with E-state index in [-0.39, 0.29) is 5.82 Å². The van der Waals surface area contributed by atoms with Gasteiger partial charge in [-0.3, -0.25) is 4.98 Å². The molecule has 0 saturated heterocycles. The number of aromatic amines is 1. The molecule has 0 atom stereocenters. The van der Waals surface area contributed by atoms with Crippen LogP contribution in [0.5, 0.6) is 0 Å². The highest BCUT2D eigenvalue weighted by Gasteiger charge is 1.98. The number of rotatable bonds is 2. The van der Waals surface area contributed by atoms with Crippen molar-refractivity contribution in [3.8, 4) is 0 Å². The normalized spacial score (nSPS) is 10.1. The van der Waals surface area contributed by atoms with Crippen LogP contribution in [0.1, 0.15) is 5.56 Å². The zero-order valence-electron chi connectivity index (χ0n) is 8.82. The van der Waals surface area contributed by atoms with E-state index in [4.69, 9.17) is 5.73 Å². The molecule has 2 rings (SSSR count). The Labute approximate surface area is 92.3 Å². The largest absolute Gasteiger partial charge is 0.385 e. The van der Waals surface area contributed by atoms with Gasteiger partial charge in [-0.25, -0.2) is 4.79 Å². The fraction of sp³-hybridized carbons (Fsp3) is 0.0909.